The van der Waals surface area contributed by atoms with Crippen LogP contribution in [0.15, 0.2) is 41.8 Å². The van der Waals surface area contributed by atoms with E-state index in [1.165, 1.54) is 6.08 Å². The highest BCUT2D eigenvalue weighted by Crippen LogP contribution is 2.25. The van der Waals surface area contributed by atoms with E-state index in [1.54, 1.807) is 24.3 Å². The molecule has 0 unspecified atom stereocenters. The topological polar surface area (TPSA) is 72.2 Å². The van der Waals surface area contributed by atoms with Crippen molar-refractivity contribution in [3.8, 4) is 11.8 Å². The smallest absolute Gasteiger partial charge is 0.316 e. The van der Waals surface area contributed by atoms with Crippen LogP contribution in [0.1, 0.15) is 21.0 Å². The Kier molecular flexibility index (Phi) is 4.69. The molecule has 0 saturated heterocycles. The van der Waals surface area contributed by atoms with Crippen LogP contribution in [-0.2, 0) is 0 Å². The van der Waals surface area contributed by atoms with Crippen molar-refractivity contribution >= 4 is 29.3 Å². The molecule has 1 aliphatic rings. The molecule has 21 heavy (non-hydrogen) atoms. The number of anilines is 1. The lowest BCUT2D eigenvalue weighted by atomic mass is 10.2. The number of amides is 2. The lowest BCUT2D eigenvalue weighted by Gasteiger charge is -1.96. The molecular formula is C15H11FN2O2S. The summed E-state index contributed by atoms with van der Waals surface area (Å²) in [6.07, 6.45) is 7.19. The van der Waals surface area contributed by atoms with Gasteiger partial charge in [-0.2, -0.15) is 0 Å². The summed E-state index contributed by atoms with van der Waals surface area (Å²) in [5, 5.41) is 2.36. The van der Waals surface area contributed by atoms with Gasteiger partial charge in [0.1, 0.15) is 5.83 Å². The SMILES string of the molecule is NC(=O)Nc1cc(C#CC2=CCC(F)=CC=C2)sc1C=O. The molecule has 0 aliphatic heterocycles. The van der Waals surface area contributed by atoms with Gasteiger partial charge in [-0.1, -0.05) is 24.0 Å². The summed E-state index contributed by atoms with van der Waals surface area (Å²) in [5.41, 5.74) is 6.04. The van der Waals surface area contributed by atoms with Gasteiger partial charge < -0.3 is 11.1 Å². The van der Waals surface area contributed by atoms with E-state index in [2.05, 4.69) is 17.2 Å². The standard InChI is InChI=1S/C15H11FN2O2S/c16-11-3-1-2-10(4-6-11)5-7-12-8-13(18-15(17)20)14(9-19)21-12/h1-4,8-9H,6H2,(H3,17,18,20). The van der Waals surface area contributed by atoms with Crippen molar-refractivity contribution in [3.63, 3.8) is 0 Å². The number of carbonyl (C=O) groups excluding carboxylic acids is 2. The second-order valence-corrected chi connectivity index (χ2v) is 5.17. The van der Waals surface area contributed by atoms with E-state index in [1.807, 2.05) is 0 Å². The first-order valence-electron chi connectivity index (χ1n) is 5.99. The van der Waals surface area contributed by atoms with Crippen molar-refractivity contribution in [1.29, 1.82) is 0 Å². The van der Waals surface area contributed by atoms with E-state index in [4.69, 9.17) is 5.73 Å². The molecule has 3 N–H and O–H groups in total. The minimum Gasteiger partial charge on any atom is -0.351 e. The van der Waals surface area contributed by atoms with Crippen LogP contribution < -0.4 is 11.1 Å². The quantitative estimate of drug-likeness (QED) is 0.650. The van der Waals surface area contributed by atoms with Gasteiger partial charge in [-0.25, -0.2) is 9.18 Å². The number of urea groups is 1. The fourth-order valence-electron chi connectivity index (χ4n) is 1.61. The zero-order chi connectivity index (χ0) is 15.2. The number of hydrogen-bond acceptors (Lipinski definition) is 3. The van der Waals surface area contributed by atoms with Crippen molar-refractivity contribution in [2.45, 2.75) is 6.42 Å². The normalized spacial score (nSPS) is 13.4. The molecule has 1 aromatic rings. The molecule has 4 nitrogen and oxygen atoms in total. The Labute approximate surface area is 124 Å². The average Bonchev–Trinajstić information content (AvgIpc) is 2.69. The Morgan fingerprint density at radius 3 is 3.00 bits per heavy atom. The number of allylic oxidation sites excluding steroid dienone is 6. The molecular weight excluding hydrogens is 291 g/mol. The summed E-state index contributed by atoms with van der Waals surface area (Å²) in [7, 11) is 0. The first kappa shape index (κ1) is 14.8. The van der Waals surface area contributed by atoms with Crippen LogP contribution >= 0.6 is 11.3 Å². The lowest BCUT2D eigenvalue weighted by molar-refractivity contribution is 0.112. The van der Waals surface area contributed by atoms with Crippen LogP contribution in [0, 0.1) is 11.8 Å². The summed E-state index contributed by atoms with van der Waals surface area (Å²) in [4.78, 5) is 22.7. The third-order valence-electron chi connectivity index (χ3n) is 2.53. The van der Waals surface area contributed by atoms with Gasteiger partial charge >= 0.3 is 6.03 Å². The summed E-state index contributed by atoms with van der Waals surface area (Å²) in [6, 6.07) is 0.831. The van der Waals surface area contributed by atoms with E-state index >= 15 is 0 Å². The van der Waals surface area contributed by atoms with Crippen molar-refractivity contribution in [2.24, 2.45) is 5.73 Å². The van der Waals surface area contributed by atoms with E-state index in [0.29, 0.717) is 27.3 Å². The van der Waals surface area contributed by atoms with Crippen LogP contribution in [0.2, 0.25) is 0 Å². The molecule has 6 heteroatoms. The summed E-state index contributed by atoms with van der Waals surface area (Å²) < 4.78 is 13.0. The van der Waals surface area contributed by atoms with Crippen molar-refractivity contribution in [1.82, 2.24) is 0 Å². The van der Waals surface area contributed by atoms with Gasteiger partial charge in [0.05, 0.1) is 15.4 Å². The van der Waals surface area contributed by atoms with Crippen LogP contribution in [0.5, 0.6) is 0 Å². The highest BCUT2D eigenvalue weighted by molar-refractivity contribution is 7.14. The molecule has 0 bridgehead atoms. The second kappa shape index (κ2) is 6.68. The first-order chi connectivity index (χ1) is 10.1. The van der Waals surface area contributed by atoms with Gasteiger partial charge in [0.25, 0.3) is 0 Å². The molecule has 1 aliphatic carbocycles. The summed E-state index contributed by atoms with van der Waals surface area (Å²) >= 11 is 1.15. The van der Waals surface area contributed by atoms with Crippen LogP contribution in [0.25, 0.3) is 0 Å². The van der Waals surface area contributed by atoms with Gasteiger partial charge in [0.15, 0.2) is 6.29 Å². The van der Waals surface area contributed by atoms with Crippen molar-refractivity contribution in [2.75, 3.05) is 5.32 Å². The van der Waals surface area contributed by atoms with Gasteiger partial charge in [-0.3, -0.25) is 4.79 Å². The van der Waals surface area contributed by atoms with Crippen molar-refractivity contribution in [3.05, 3.63) is 51.5 Å². The molecule has 0 atom stereocenters. The number of nitrogens with one attached hydrogen (secondary N) is 1. The van der Waals surface area contributed by atoms with Gasteiger partial charge in [-0.05, 0) is 18.2 Å². The van der Waals surface area contributed by atoms with Crippen LogP contribution in [0.3, 0.4) is 0 Å². The fraction of sp³-hybridized carbons (Fsp3) is 0.0667. The Hall–Kier alpha value is -2.65. The van der Waals surface area contributed by atoms with Gasteiger partial charge in [0.2, 0.25) is 0 Å². The highest BCUT2D eigenvalue weighted by atomic mass is 32.1. The van der Waals surface area contributed by atoms with E-state index < -0.39 is 6.03 Å². The molecule has 0 aromatic carbocycles. The predicted octanol–water partition coefficient (Wildman–Crippen LogP) is 3.14. The molecule has 2 rings (SSSR count). The average molecular weight is 302 g/mol. The molecule has 0 fully saturated rings. The minimum absolute atomic E-state index is 0.204. The largest absolute Gasteiger partial charge is 0.351 e. The molecule has 0 radical (unpaired) electrons. The van der Waals surface area contributed by atoms with Crippen LogP contribution in [0.4, 0.5) is 14.9 Å². The lowest BCUT2D eigenvalue weighted by Crippen LogP contribution is -2.19. The van der Waals surface area contributed by atoms with Crippen molar-refractivity contribution < 1.29 is 14.0 Å². The first-order valence-corrected chi connectivity index (χ1v) is 6.80. The maximum absolute atomic E-state index is 13.0. The maximum atomic E-state index is 13.0. The predicted molar refractivity (Wildman–Crippen MR) is 80.8 cm³/mol. The van der Waals surface area contributed by atoms with E-state index in [-0.39, 0.29) is 12.2 Å². The summed E-state index contributed by atoms with van der Waals surface area (Å²) in [5.74, 6) is 5.54. The number of nitrogens with two attached hydrogens (primary N) is 1. The Morgan fingerprint density at radius 2 is 2.29 bits per heavy atom. The number of thiophene rings is 1. The molecule has 1 heterocycles. The molecule has 0 spiro atoms. The Balaban J connectivity index is 2.21. The highest BCUT2D eigenvalue weighted by Gasteiger charge is 2.08. The molecule has 1 aromatic heterocycles. The number of carbonyl (C=O) groups is 2. The molecule has 2 amide bonds. The summed E-state index contributed by atoms with van der Waals surface area (Å²) in [6.45, 7) is 0. The second-order valence-electron chi connectivity index (χ2n) is 4.08. The number of hydrogen-bond donors (Lipinski definition) is 2. The maximum Gasteiger partial charge on any atom is 0.316 e. The third-order valence-corrected chi connectivity index (χ3v) is 3.50. The van der Waals surface area contributed by atoms with Crippen LogP contribution in [-0.4, -0.2) is 12.3 Å². The number of primary amides is 1. The minimum atomic E-state index is -0.744. The molecule has 0 saturated carbocycles. The molecule has 106 valence electrons. The monoisotopic (exact) mass is 302 g/mol. The fourth-order valence-corrected chi connectivity index (χ4v) is 2.39. The number of rotatable bonds is 2. The number of aldehydes is 1. The van der Waals surface area contributed by atoms with Gasteiger partial charge in [0, 0.05) is 12.0 Å². The van der Waals surface area contributed by atoms with E-state index in [0.717, 1.165) is 11.3 Å². The van der Waals surface area contributed by atoms with E-state index in [9.17, 15) is 14.0 Å². The zero-order valence-electron chi connectivity index (χ0n) is 10.9. The third kappa shape index (κ3) is 4.16. The number of halogens is 1. The Bertz CT molecular complexity index is 733. The zero-order valence-corrected chi connectivity index (χ0v) is 11.7. The Morgan fingerprint density at radius 1 is 1.48 bits per heavy atom. The van der Waals surface area contributed by atoms with Gasteiger partial charge in [-0.15, -0.1) is 11.3 Å².